The Hall–Kier alpha value is -3.29. The van der Waals surface area contributed by atoms with E-state index in [9.17, 15) is 4.79 Å². The average molecular weight is 396 g/mol. The molecule has 0 aliphatic carbocycles. The van der Waals surface area contributed by atoms with Gasteiger partial charge in [-0.25, -0.2) is 4.98 Å². The molecule has 1 saturated heterocycles. The summed E-state index contributed by atoms with van der Waals surface area (Å²) in [7, 11) is 1.61. The van der Waals surface area contributed by atoms with Crippen molar-refractivity contribution in [2.75, 3.05) is 20.2 Å². The van der Waals surface area contributed by atoms with Gasteiger partial charge in [0.1, 0.15) is 17.8 Å². The molecule has 1 fully saturated rings. The molecule has 1 atom stereocenters. The number of amides is 1. The molecule has 1 aliphatic heterocycles. The van der Waals surface area contributed by atoms with E-state index in [0.717, 1.165) is 23.6 Å². The molecule has 0 N–H and O–H groups in total. The van der Waals surface area contributed by atoms with Crippen molar-refractivity contribution in [1.29, 1.82) is 0 Å². The van der Waals surface area contributed by atoms with E-state index >= 15 is 0 Å². The molecule has 8 heteroatoms. The Labute approximate surface area is 169 Å². The van der Waals surface area contributed by atoms with Crippen LogP contribution in [-0.2, 0) is 6.61 Å². The van der Waals surface area contributed by atoms with Crippen molar-refractivity contribution < 1.29 is 18.7 Å². The predicted molar refractivity (Wildman–Crippen MR) is 105 cm³/mol. The molecule has 152 valence electrons. The van der Waals surface area contributed by atoms with E-state index in [0.29, 0.717) is 30.4 Å². The van der Waals surface area contributed by atoms with Gasteiger partial charge in [0.05, 0.1) is 18.8 Å². The minimum absolute atomic E-state index is 0.131. The fourth-order valence-electron chi connectivity index (χ4n) is 3.60. The first-order chi connectivity index (χ1) is 14.0. The second-order valence-corrected chi connectivity index (χ2v) is 7.16. The number of aromatic nitrogens is 3. The molecule has 4 rings (SSSR count). The number of carbonyl (C=O) groups is 1. The standard InChI is InChI=1S/C21H24N4O4/c1-14-10-15(2)25(23-14)16-8-9-24(11-16)21(26)19-12-29-20(22-19)13-28-18-6-4-17(27-3)5-7-18/h4-7,10,12,16H,8-9,11,13H2,1-3H3/t16-/m1/s1. The first-order valence-electron chi connectivity index (χ1n) is 9.57. The topological polar surface area (TPSA) is 82.6 Å². The van der Waals surface area contributed by atoms with Gasteiger partial charge in [0, 0.05) is 18.8 Å². The number of carbonyl (C=O) groups excluding carboxylic acids is 1. The van der Waals surface area contributed by atoms with E-state index in [1.54, 1.807) is 24.1 Å². The van der Waals surface area contributed by atoms with Crippen molar-refractivity contribution in [2.45, 2.75) is 32.9 Å². The quantitative estimate of drug-likeness (QED) is 0.637. The van der Waals surface area contributed by atoms with Gasteiger partial charge in [-0.1, -0.05) is 0 Å². The first-order valence-corrected chi connectivity index (χ1v) is 9.57. The van der Waals surface area contributed by atoms with Crippen molar-refractivity contribution >= 4 is 5.91 Å². The Morgan fingerprint density at radius 1 is 1.24 bits per heavy atom. The zero-order valence-electron chi connectivity index (χ0n) is 16.8. The minimum Gasteiger partial charge on any atom is -0.497 e. The molecule has 0 bridgehead atoms. The molecule has 3 heterocycles. The van der Waals surface area contributed by atoms with Crippen LogP contribution in [0.15, 0.2) is 41.0 Å². The average Bonchev–Trinajstić information content (AvgIpc) is 3.46. The van der Waals surface area contributed by atoms with Crippen molar-refractivity contribution in [3.05, 3.63) is 59.6 Å². The predicted octanol–water partition coefficient (Wildman–Crippen LogP) is 3.16. The number of hydrogen-bond donors (Lipinski definition) is 0. The molecule has 0 unspecified atom stereocenters. The van der Waals surface area contributed by atoms with Crippen LogP contribution in [-0.4, -0.2) is 45.8 Å². The highest BCUT2D eigenvalue weighted by atomic mass is 16.5. The number of methoxy groups -OCH3 is 1. The third kappa shape index (κ3) is 4.11. The largest absolute Gasteiger partial charge is 0.497 e. The summed E-state index contributed by atoms with van der Waals surface area (Å²) in [5.41, 5.74) is 2.40. The SMILES string of the molecule is COc1ccc(OCc2nc(C(=O)N3CC[C@@H](n4nc(C)cc4C)C3)co2)cc1. The van der Waals surface area contributed by atoms with Crippen molar-refractivity contribution in [3.63, 3.8) is 0 Å². The Kier molecular flexibility index (Phi) is 5.24. The van der Waals surface area contributed by atoms with Gasteiger partial charge in [-0.05, 0) is 50.6 Å². The van der Waals surface area contributed by atoms with Gasteiger partial charge in [0.15, 0.2) is 12.3 Å². The number of oxazole rings is 1. The van der Waals surface area contributed by atoms with E-state index in [1.165, 1.54) is 6.26 Å². The molecule has 2 aromatic heterocycles. The number of ether oxygens (including phenoxy) is 2. The van der Waals surface area contributed by atoms with E-state index in [2.05, 4.69) is 16.1 Å². The number of nitrogens with zero attached hydrogens (tertiary/aromatic N) is 4. The van der Waals surface area contributed by atoms with Crippen molar-refractivity contribution in [2.24, 2.45) is 0 Å². The molecule has 0 spiro atoms. The summed E-state index contributed by atoms with van der Waals surface area (Å²) in [6.45, 7) is 5.45. The normalized spacial score (nSPS) is 16.2. The second kappa shape index (κ2) is 7.98. The van der Waals surface area contributed by atoms with Crippen LogP contribution in [0.25, 0.3) is 0 Å². The summed E-state index contributed by atoms with van der Waals surface area (Å²) in [5.74, 6) is 1.65. The molecular weight excluding hydrogens is 372 g/mol. The lowest BCUT2D eigenvalue weighted by atomic mass is 10.2. The molecule has 8 nitrogen and oxygen atoms in total. The van der Waals surface area contributed by atoms with Gasteiger partial charge < -0.3 is 18.8 Å². The van der Waals surface area contributed by atoms with Crippen LogP contribution < -0.4 is 9.47 Å². The van der Waals surface area contributed by atoms with Gasteiger partial charge in [-0.2, -0.15) is 5.10 Å². The van der Waals surface area contributed by atoms with Crippen LogP contribution >= 0.6 is 0 Å². The second-order valence-electron chi connectivity index (χ2n) is 7.16. The maximum atomic E-state index is 12.8. The third-order valence-electron chi connectivity index (χ3n) is 5.03. The number of hydrogen-bond acceptors (Lipinski definition) is 6. The molecule has 1 aromatic carbocycles. The molecule has 0 radical (unpaired) electrons. The molecule has 3 aromatic rings. The lowest BCUT2D eigenvalue weighted by Gasteiger charge is -2.16. The maximum Gasteiger partial charge on any atom is 0.275 e. The Bertz CT molecular complexity index is 993. The monoisotopic (exact) mass is 396 g/mol. The molecule has 1 amide bonds. The Balaban J connectivity index is 1.35. The summed E-state index contributed by atoms with van der Waals surface area (Å²) in [5, 5.41) is 4.55. The van der Waals surface area contributed by atoms with E-state index in [4.69, 9.17) is 13.9 Å². The lowest BCUT2D eigenvalue weighted by Crippen LogP contribution is -2.29. The van der Waals surface area contributed by atoms with Crippen molar-refractivity contribution in [3.8, 4) is 11.5 Å². The highest BCUT2D eigenvalue weighted by Gasteiger charge is 2.30. The van der Waals surface area contributed by atoms with Crippen LogP contribution in [0.3, 0.4) is 0 Å². The van der Waals surface area contributed by atoms with Crippen LogP contribution in [0.4, 0.5) is 0 Å². The van der Waals surface area contributed by atoms with Crippen LogP contribution in [0.1, 0.15) is 40.2 Å². The maximum absolute atomic E-state index is 12.8. The molecule has 29 heavy (non-hydrogen) atoms. The van der Waals surface area contributed by atoms with Gasteiger partial charge in [0.2, 0.25) is 5.89 Å². The zero-order valence-corrected chi connectivity index (χ0v) is 16.8. The molecule has 1 aliphatic rings. The molecular formula is C21H24N4O4. The summed E-state index contributed by atoms with van der Waals surface area (Å²) in [6.07, 6.45) is 2.27. The van der Waals surface area contributed by atoms with E-state index < -0.39 is 0 Å². The van der Waals surface area contributed by atoms with Gasteiger partial charge >= 0.3 is 0 Å². The summed E-state index contributed by atoms with van der Waals surface area (Å²) >= 11 is 0. The number of likely N-dealkylation sites (tertiary alicyclic amines) is 1. The van der Waals surface area contributed by atoms with Gasteiger partial charge in [-0.15, -0.1) is 0 Å². The highest BCUT2D eigenvalue weighted by molar-refractivity contribution is 5.92. The summed E-state index contributed by atoms with van der Waals surface area (Å²) in [6, 6.07) is 9.47. The Morgan fingerprint density at radius 2 is 2.00 bits per heavy atom. The third-order valence-corrected chi connectivity index (χ3v) is 5.03. The van der Waals surface area contributed by atoms with Gasteiger partial charge in [0.25, 0.3) is 5.91 Å². The summed E-state index contributed by atoms with van der Waals surface area (Å²) < 4.78 is 18.2. The molecule has 0 saturated carbocycles. The number of aryl methyl sites for hydroxylation is 2. The van der Waals surface area contributed by atoms with E-state index in [-0.39, 0.29) is 18.6 Å². The fourth-order valence-corrected chi connectivity index (χ4v) is 3.60. The minimum atomic E-state index is -0.131. The number of benzene rings is 1. The van der Waals surface area contributed by atoms with Crippen molar-refractivity contribution in [1.82, 2.24) is 19.7 Å². The highest BCUT2D eigenvalue weighted by Crippen LogP contribution is 2.24. The van der Waals surface area contributed by atoms with Gasteiger partial charge in [-0.3, -0.25) is 9.48 Å². The van der Waals surface area contributed by atoms with E-state index in [1.807, 2.05) is 30.7 Å². The smallest absolute Gasteiger partial charge is 0.275 e. The van der Waals surface area contributed by atoms with Crippen LogP contribution in [0.5, 0.6) is 11.5 Å². The first kappa shape index (κ1) is 19.0. The zero-order chi connectivity index (χ0) is 20.4. The number of rotatable bonds is 6. The summed E-state index contributed by atoms with van der Waals surface area (Å²) in [4.78, 5) is 18.9. The lowest BCUT2D eigenvalue weighted by molar-refractivity contribution is 0.0781. The Morgan fingerprint density at radius 3 is 2.69 bits per heavy atom. The van der Waals surface area contributed by atoms with Crippen LogP contribution in [0.2, 0.25) is 0 Å². The van der Waals surface area contributed by atoms with Crippen LogP contribution in [0, 0.1) is 13.8 Å². The fraction of sp³-hybridized carbons (Fsp3) is 0.381.